The molecule has 0 aromatic carbocycles. The average Bonchev–Trinajstić information content (AvgIpc) is 2.30. The molecule has 1 saturated heterocycles. The van der Waals surface area contributed by atoms with E-state index in [1.807, 2.05) is 0 Å². The van der Waals surface area contributed by atoms with Crippen molar-refractivity contribution in [1.82, 2.24) is 10.2 Å². The molecule has 1 fully saturated rings. The highest BCUT2D eigenvalue weighted by Gasteiger charge is 2.22. The van der Waals surface area contributed by atoms with E-state index in [1.54, 1.807) is 0 Å². The first-order valence-corrected chi connectivity index (χ1v) is 7.59. The zero-order chi connectivity index (χ0) is 12.7. The van der Waals surface area contributed by atoms with Crippen LogP contribution in [0.5, 0.6) is 0 Å². The lowest BCUT2D eigenvalue weighted by Crippen LogP contribution is -2.42. The minimum atomic E-state index is 0.706. The Morgan fingerprint density at radius 1 is 1.18 bits per heavy atom. The standard InChI is InChI=1S/C15H32N2/c1-5-10-17-11-7-15(8-12-17)14(4)16-9-6-13(2)3/h13-16H,5-12H2,1-4H3. The number of piperidine rings is 1. The van der Waals surface area contributed by atoms with E-state index >= 15 is 0 Å². The summed E-state index contributed by atoms with van der Waals surface area (Å²) in [6.07, 6.45) is 5.37. The predicted octanol–water partition coefficient (Wildman–Crippen LogP) is 3.13. The second kappa shape index (κ2) is 8.10. The molecule has 0 radical (unpaired) electrons. The molecule has 2 heteroatoms. The van der Waals surface area contributed by atoms with Gasteiger partial charge in [-0.1, -0.05) is 20.8 Å². The summed E-state index contributed by atoms with van der Waals surface area (Å²) >= 11 is 0. The maximum Gasteiger partial charge on any atom is 0.00679 e. The fourth-order valence-electron chi connectivity index (χ4n) is 2.76. The molecule has 2 nitrogen and oxygen atoms in total. The Kier molecular flexibility index (Phi) is 7.14. The van der Waals surface area contributed by atoms with Crippen LogP contribution in [-0.4, -0.2) is 37.1 Å². The third-order valence-corrected chi connectivity index (χ3v) is 4.07. The second-order valence-electron chi connectivity index (χ2n) is 6.10. The monoisotopic (exact) mass is 240 g/mol. The first-order valence-electron chi connectivity index (χ1n) is 7.59. The molecule has 1 aliphatic rings. The largest absolute Gasteiger partial charge is 0.314 e. The molecule has 0 amide bonds. The van der Waals surface area contributed by atoms with Crippen LogP contribution in [0.1, 0.15) is 53.4 Å². The highest BCUT2D eigenvalue weighted by atomic mass is 15.1. The van der Waals surface area contributed by atoms with Gasteiger partial charge in [-0.3, -0.25) is 0 Å². The van der Waals surface area contributed by atoms with Crippen molar-refractivity contribution in [2.24, 2.45) is 11.8 Å². The van der Waals surface area contributed by atoms with Gasteiger partial charge in [-0.25, -0.2) is 0 Å². The lowest BCUT2D eigenvalue weighted by Gasteiger charge is -2.35. The molecule has 1 atom stereocenters. The maximum absolute atomic E-state index is 3.71. The minimum Gasteiger partial charge on any atom is -0.314 e. The topological polar surface area (TPSA) is 15.3 Å². The van der Waals surface area contributed by atoms with Crippen LogP contribution >= 0.6 is 0 Å². The fourth-order valence-corrected chi connectivity index (χ4v) is 2.76. The van der Waals surface area contributed by atoms with E-state index in [-0.39, 0.29) is 0 Å². The highest BCUT2D eigenvalue weighted by molar-refractivity contribution is 4.79. The van der Waals surface area contributed by atoms with Crippen LogP contribution in [0.25, 0.3) is 0 Å². The first-order chi connectivity index (χ1) is 8.13. The molecule has 0 saturated carbocycles. The van der Waals surface area contributed by atoms with E-state index in [1.165, 1.54) is 51.9 Å². The molecule has 1 heterocycles. The average molecular weight is 240 g/mol. The van der Waals surface area contributed by atoms with Gasteiger partial charge >= 0.3 is 0 Å². The van der Waals surface area contributed by atoms with Gasteiger partial charge in [-0.2, -0.15) is 0 Å². The van der Waals surface area contributed by atoms with E-state index < -0.39 is 0 Å². The lowest BCUT2D eigenvalue weighted by molar-refractivity contribution is 0.162. The molecule has 0 aromatic rings. The molecule has 0 aliphatic carbocycles. The summed E-state index contributed by atoms with van der Waals surface area (Å²) in [5.41, 5.74) is 0. The van der Waals surface area contributed by atoms with Crippen molar-refractivity contribution in [3.63, 3.8) is 0 Å². The van der Waals surface area contributed by atoms with Crippen molar-refractivity contribution < 1.29 is 0 Å². The van der Waals surface area contributed by atoms with Crippen molar-refractivity contribution in [3.05, 3.63) is 0 Å². The van der Waals surface area contributed by atoms with E-state index in [0.717, 1.165) is 11.8 Å². The van der Waals surface area contributed by atoms with Crippen LogP contribution in [0, 0.1) is 11.8 Å². The number of likely N-dealkylation sites (tertiary alicyclic amines) is 1. The van der Waals surface area contributed by atoms with E-state index in [9.17, 15) is 0 Å². The van der Waals surface area contributed by atoms with E-state index in [2.05, 4.69) is 37.9 Å². The van der Waals surface area contributed by atoms with Crippen LogP contribution < -0.4 is 5.32 Å². The van der Waals surface area contributed by atoms with Crippen LogP contribution in [-0.2, 0) is 0 Å². The smallest absolute Gasteiger partial charge is 0.00679 e. The third kappa shape index (κ3) is 5.87. The van der Waals surface area contributed by atoms with Gasteiger partial charge in [0.05, 0.1) is 0 Å². The van der Waals surface area contributed by atoms with E-state index in [0.29, 0.717) is 6.04 Å². The number of nitrogens with one attached hydrogen (secondary N) is 1. The molecule has 0 aromatic heterocycles. The Morgan fingerprint density at radius 2 is 1.82 bits per heavy atom. The van der Waals surface area contributed by atoms with Gasteiger partial charge < -0.3 is 10.2 Å². The molecule has 1 rings (SSSR count). The van der Waals surface area contributed by atoms with Gasteiger partial charge in [0.1, 0.15) is 0 Å². The predicted molar refractivity (Wildman–Crippen MR) is 76.4 cm³/mol. The summed E-state index contributed by atoms with van der Waals surface area (Å²) in [6.45, 7) is 14.4. The third-order valence-electron chi connectivity index (χ3n) is 4.07. The Hall–Kier alpha value is -0.0800. The van der Waals surface area contributed by atoms with Gasteiger partial charge in [0.2, 0.25) is 0 Å². The zero-order valence-corrected chi connectivity index (χ0v) is 12.3. The highest BCUT2D eigenvalue weighted by Crippen LogP contribution is 2.20. The maximum atomic E-state index is 3.71. The number of hydrogen-bond acceptors (Lipinski definition) is 2. The van der Waals surface area contributed by atoms with Gasteiger partial charge in [-0.05, 0) is 70.6 Å². The molecular weight excluding hydrogens is 208 g/mol. The van der Waals surface area contributed by atoms with Crippen LogP contribution in [0.2, 0.25) is 0 Å². The Balaban J connectivity index is 2.14. The van der Waals surface area contributed by atoms with Gasteiger partial charge in [0.25, 0.3) is 0 Å². The number of nitrogens with zero attached hydrogens (tertiary/aromatic N) is 1. The summed E-state index contributed by atoms with van der Waals surface area (Å²) in [5.74, 6) is 1.72. The fraction of sp³-hybridized carbons (Fsp3) is 1.00. The van der Waals surface area contributed by atoms with Crippen LogP contribution in [0.3, 0.4) is 0 Å². The van der Waals surface area contributed by atoms with Gasteiger partial charge in [0.15, 0.2) is 0 Å². The summed E-state index contributed by atoms with van der Waals surface area (Å²) in [6, 6.07) is 0.706. The minimum absolute atomic E-state index is 0.706. The van der Waals surface area contributed by atoms with E-state index in [4.69, 9.17) is 0 Å². The first kappa shape index (κ1) is 15.0. The normalized spacial score (nSPS) is 21.0. The Labute approximate surface area is 108 Å². The second-order valence-corrected chi connectivity index (χ2v) is 6.10. The van der Waals surface area contributed by atoms with Crippen molar-refractivity contribution in [2.45, 2.75) is 59.4 Å². The van der Waals surface area contributed by atoms with Gasteiger partial charge in [0, 0.05) is 6.04 Å². The molecule has 0 spiro atoms. The lowest BCUT2D eigenvalue weighted by atomic mass is 9.90. The summed E-state index contributed by atoms with van der Waals surface area (Å²) in [5, 5.41) is 3.71. The van der Waals surface area contributed by atoms with Crippen molar-refractivity contribution in [3.8, 4) is 0 Å². The summed E-state index contributed by atoms with van der Waals surface area (Å²) in [7, 11) is 0. The SMILES string of the molecule is CCCN1CCC(C(C)NCCC(C)C)CC1. The number of rotatable bonds is 7. The summed E-state index contributed by atoms with van der Waals surface area (Å²) < 4.78 is 0. The molecular formula is C15H32N2. The van der Waals surface area contributed by atoms with Gasteiger partial charge in [-0.15, -0.1) is 0 Å². The molecule has 1 aliphatic heterocycles. The van der Waals surface area contributed by atoms with Crippen molar-refractivity contribution in [2.75, 3.05) is 26.2 Å². The molecule has 1 unspecified atom stereocenters. The quantitative estimate of drug-likeness (QED) is 0.735. The Morgan fingerprint density at radius 3 is 2.35 bits per heavy atom. The zero-order valence-electron chi connectivity index (χ0n) is 12.3. The van der Waals surface area contributed by atoms with Crippen LogP contribution in [0.4, 0.5) is 0 Å². The van der Waals surface area contributed by atoms with Crippen LogP contribution in [0.15, 0.2) is 0 Å². The molecule has 17 heavy (non-hydrogen) atoms. The van der Waals surface area contributed by atoms with Crippen molar-refractivity contribution >= 4 is 0 Å². The molecule has 102 valence electrons. The van der Waals surface area contributed by atoms with Crippen molar-refractivity contribution in [1.29, 1.82) is 0 Å². The number of hydrogen-bond donors (Lipinski definition) is 1. The summed E-state index contributed by atoms with van der Waals surface area (Å²) in [4.78, 5) is 2.62. The molecule has 0 bridgehead atoms. The Bertz CT molecular complexity index is 183. The molecule has 1 N–H and O–H groups in total.